The minimum atomic E-state index is -0.706. The number of aliphatic carboxylic acids is 1. The maximum Gasteiger partial charge on any atom is 0.309 e. The van der Waals surface area contributed by atoms with E-state index >= 15 is 0 Å². The molecule has 1 N–H and O–H groups in total. The average Bonchev–Trinajstić information content (AvgIpc) is 2.65. The summed E-state index contributed by atoms with van der Waals surface area (Å²) in [5.74, 6) is -0.169. The van der Waals surface area contributed by atoms with E-state index in [1.807, 2.05) is 4.90 Å². The van der Waals surface area contributed by atoms with Gasteiger partial charge in [-0.25, -0.2) is 0 Å². The zero-order valence-electron chi connectivity index (χ0n) is 20.3. The molecule has 5 heteroatoms. The monoisotopic (exact) mass is 469 g/mol. The fraction of sp³-hybridized carbons (Fsp3) is 0.643. The maximum absolute atomic E-state index is 13.5. The van der Waals surface area contributed by atoms with E-state index in [4.69, 9.17) is 11.6 Å². The Morgan fingerprint density at radius 1 is 1.24 bits per heavy atom. The summed E-state index contributed by atoms with van der Waals surface area (Å²) in [6.45, 7) is 9.02. The van der Waals surface area contributed by atoms with E-state index in [2.05, 4.69) is 52.1 Å². The van der Waals surface area contributed by atoms with Gasteiger partial charge in [0.25, 0.3) is 0 Å². The van der Waals surface area contributed by atoms with Gasteiger partial charge in [0.05, 0.1) is 11.0 Å². The van der Waals surface area contributed by atoms with E-state index < -0.39 is 11.4 Å². The van der Waals surface area contributed by atoms with Gasteiger partial charge in [-0.15, -0.1) is 0 Å². The molecule has 4 aliphatic carbocycles. The average molecular weight is 470 g/mol. The number of benzene rings is 1. The number of carboxylic acid groups (broad SMARTS) is 1. The van der Waals surface area contributed by atoms with E-state index in [9.17, 15) is 14.7 Å². The number of carbonyl (C=O) groups is 2. The van der Waals surface area contributed by atoms with Gasteiger partial charge < -0.3 is 10.0 Å². The lowest BCUT2D eigenvalue weighted by atomic mass is 9.38. The topological polar surface area (TPSA) is 57.6 Å². The molecular formula is C28H36ClNO3. The molecule has 0 spiro atoms. The van der Waals surface area contributed by atoms with Crippen LogP contribution in [0.15, 0.2) is 30.0 Å². The van der Waals surface area contributed by atoms with Gasteiger partial charge in [0, 0.05) is 23.1 Å². The molecule has 1 unspecified atom stereocenters. The molecule has 4 nitrogen and oxygen atoms in total. The summed E-state index contributed by atoms with van der Waals surface area (Å²) < 4.78 is 0. The Kier molecular flexibility index (Phi) is 5.11. The van der Waals surface area contributed by atoms with Gasteiger partial charge in [0.2, 0.25) is 5.91 Å². The summed E-state index contributed by atoms with van der Waals surface area (Å²) in [5, 5.41) is 10.3. The summed E-state index contributed by atoms with van der Waals surface area (Å²) in [4.78, 5) is 27.1. The molecule has 33 heavy (non-hydrogen) atoms. The van der Waals surface area contributed by atoms with Crippen LogP contribution < -0.4 is 0 Å². The molecule has 0 saturated heterocycles. The lowest BCUT2D eigenvalue weighted by Gasteiger charge is -2.71. The number of rotatable bonds is 5. The zero-order chi connectivity index (χ0) is 23.8. The van der Waals surface area contributed by atoms with Crippen LogP contribution in [0.4, 0.5) is 0 Å². The molecule has 6 rings (SSSR count). The van der Waals surface area contributed by atoms with Crippen molar-refractivity contribution >= 4 is 23.5 Å². The van der Waals surface area contributed by atoms with Crippen LogP contribution in [0.25, 0.3) is 0 Å². The van der Waals surface area contributed by atoms with Crippen LogP contribution in [0.5, 0.6) is 0 Å². The number of halogens is 1. The van der Waals surface area contributed by atoms with Crippen molar-refractivity contribution in [3.63, 3.8) is 0 Å². The minimum absolute atomic E-state index is 0.138. The second kappa shape index (κ2) is 7.34. The van der Waals surface area contributed by atoms with Crippen molar-refractivity contribution in [2.45, 2.75) is 96.4 Å². The van der Waals surface area contributed by atoms with E-state index in [1.54, 1.807) is 0 Å². The number of aryl methyl sites for hydroxylation is 1. The highest BCUT2D eigenvalue weighted by atomic mass is 35.5. The highest BCUT2D eigenvalue weighted by molar-refractivity contribution is 6.31. The van der Waals surface area contributed by atoms with Crippen LogP contribution in [0.1, 0.15) is 90.2 Å². The number of amides is 1. The zero-order valence-corrected chi connectivity index (χ0v) is 21.1. The van der Waals surface area contributed by atoms with Crippen molar-refractivity contribution in [2.75, 3.05) is 0 Å². The van der Waals surface area contributed by atoms with Crippen molar-refractivity contribution in [1.82, 2.24) is 4.90 Å². The molecule has 1 heterocycles. The van der Waals surface area contributed by atoms with Crippen molar-refractivity contribution < 1.29 is 14.7 Å². The number of hydrogen-bond acceptors (Lipinski definition) is 2. The predicted molar refractivity (Wildman–Crippen MR) is 130 cm³/mol. The first-order valence-corrected chi connectivity index (χ1v) is 12.8. The molecule has 0 aromatic heterocycles. The summed E-state index contributed by atoms with van der Waals surface area (Å²) in [7, 11) is 0. The number of nitrogens with zero attached hydrogens (tertiary/aromatic N) is 1. The molecule has 5 aliphatic rings. The number of carboxylic acids is 1. The number of carbonyl (C=O) groups excluding carboxylic acids is 1. The molecule has 4 saturated carbocycles. The molecule has 178 valence electrons. The third kappa shape index (κ3) is 3.47. The molecule has 4 fully saturated rings. The van der Waals surface area contributed by atoms with Gasteiger partial charge in [-0.1, -0.05) is 57.8 Å². The fourth-order valence-corrected chi connectivity index (χ4v) is 7.34. The van der Waals surface area contributed by atoms with Crippen molar-refractivity contribution in [2.24, 2.45) is 16.7 Å². The summed E-state index contributed by atoms with van der Waals surface area (Å²) in [6.07, 6.45) is 9.60. The van der Waals surface area contributed by atoms with Crippen LogP contribution in [-0.2, 0) is 21.4 Å². The lowest BCUT2D eigenvalue weighted by molar-refractivity contribution is -0.224. The van der Waals surface area contributed by atoms with Gasteiger partial charge in [-0.05, 0) is 79.0 Å². The van der Waals surface area contributed by atoms with Gasteiger partial charge in [-0.2, -0.15) is 0 Å². The summed E-state index contributed by atoms with van der Waals surface area (Å²) >= 11 is 6.79. The second-order valence-electron chi connectivity index (χ2n) is 12.6. The number of allylic oxidation sites excluding steroid dienone is 1. The molecule has 2 bridgehead atoms. The third-order valence-corrected chi connectivity index (χ3v) is 9.38. The molecule has 1 aliphatic heterocycles. The van der Waals surface area contributed by atoms with Gasteiger partial charge in [0.15, 0.2) is 0 Å². The summed E-state index contributed by atoms with van der Waals surface area (Å²) in [6, 6.07) is 6.50. The summed E-state index contributed by atoms with van der Waals surface area (Å²) in [5.41, 5.74) is 2.80. The number of fused-ring (bicyclic) bond motifs is 1. The van der Waals surface area contributed by atoms with Crippen LogP contribution >= 0.6 is 11.6 Å². The SMILES string of the molecule is CC1CCC[C@@]2(c3ccc(CCC(C)(C)C)c(Cl)c3)CC(=O)N(C34CC(C(=O)O)(C3)C4)C=C12. The normalized spacial score (nSPS) is 35.3. The molecule has 1 aromatic carbocycles. The van der Waals surface area contributed by atoms with Crippen LogP contribution in [-0.4, -0.2) is 27.4 Å². The largest absolute Gasteiger partial charge is 0.481 e. The fourth-order valence-electron chi connectivity index (χ4n) is 7.07. The molecule has 1 aromatic rings. The molecule has 0 radical (unpaired) electrons. The number of hydrogen-bond donors (Lipinski definition) is 1. The Labute approximate surface area is 202 Å². The molecular weight excluding hydrogens is 434 g/mol. The first-order chi connectivity index (χ1) is 15.4. The van der Waals surface area contributed by atoms with Crippen LogP contribution in [0.3, 0.4) is 0 Å². The lowest BCUT2D eigenvalue weighted by Crippen LogP contribution is -2.77. The first kappa shape index (κ1) is 23.0. The van der Waals surface area contributed by atoms with E-state index in [0.717, 1.165) is 42.7 Å². The van der Waals surface area contributed by atoms with Crippen LogP contribution in [0, 0.1) is 16.7 Å². The third-order valence-electron chi connectivity index (χ3n) is 9.03. The highest BCUT2D eigenvalue weighted by Crippen LogP contribution is 2.71. The Balaban J connectivity index is 1.46. The Hall–Kier alpha value is -1.81. The van der Waals surface area contributed by atoms with Crippen LogP contribution in [0.2, 0.25) is 5.02 Å². The van der Waals surface area contributed by atoms with Gasteiger partial charge in [0.1, 0.15) is 0 Å². The molecule has 1 amide bonds. The second-order valence-corrected chi connectivity index (χ2v) is 13.0. The minimum Gasteiger partial charge on any atom is -0.481 e. The van der Waals surface area contributed by atoms with Crippen molar-refractivity contribution in [1.29, 1.82) is 0 Å². The standard InChI is InChI=1S/C28H36ClNO3/c1-18-6-5-10-28(20-8-7-19(22(29)12-20)9-11-25(2,3)4)13-23(31)30(14-21(18)28)27-15-26(16-27,17-27)24(32)33/h7-8,12,14,18H,5-6,9-11,13,15-17H2,1-4H3,(H,32,33)/t18?,26?,27?,28-/m0/s1. The maximum atomic E-state index is 13.5. The predicted octanol–water partition coefficient (Wildman–Crippen LogP) is 6.50. The highest BCUT2D eigenvalue weighted by Gasteiger charge is 2.75. The Morgan fingerprint density at radius 2 is 1.94 bits per heavy atom. The quantitative estimate of drug-likeness (QED) is 0.535. The van der Waals surface area contributed by atoms with Crippen molar-refractivity contribution in [3.05, 3.63) is 46.1 Å². The first-order valence-electron chi connectivity index (χ1n) is 12.5. The van der Waals surface area contributed by atoms with E-state index in [-0.39, 0.29) is 22.3 Å². The van der Waals surface area contributed by atoms with E-state index in [0.29, 0.717) is 31.6 Å². The Bertz CT molecular complexity index is 1030. The van der Waals surface area contributed by atoms with Crippen molar-refractivity contribution in [3.8, 4) is 0 Å². The van der Waals surface area contributed by atoms with Gasteiger partial charge in [-0.3, -0.25) is 9.59 Å². The van der Waals surface area contributed by atoms with Gasteiger partial charge >= 0.3 is 5.97 Å². The molecule has 2 atom stereocenters. The van der Waals surface area contributed by atoms with E-state index in [1.165, 1.54) is 11.1 Å². The smallest absolute Gasteiger partial charge is 0.309 e. The Morgan fingerprint density at radius 3 is 2.55 bits per heavy atom.